The van der Waals surface area contributed by atoms with Crippen LogP contribution in [-0.4, -0.2) is 29.0 Å². The molecule has 3 rings (SSSR count). The van der Waals surface area contributed by atoms with Crippen LogP contribution in [0.25, 0.3) is 0 Å². The Morgan fingerprint density at radius 3 is 3.05 bits per heavy atom. The van der Waals surface area contributed by atoms with E-state index in [1.807, 2.05) is 31.2 Å². The molecule has 2 aromatic rings. The molecule has 1 aromatic carbocycles. The van der Waals surface area contributed by atoms with E-state index >= 15 is 0 Å². The summed E-state index contributed by atoms with van der Waals surface area (Å²) in [5.41, 5.74) is 2.52. The van der Waals surface area contributed by atoms with Gasteiger partial charge in [-0.05, 0) is 25.0 Å². The van der Waals surface area contributed by atoms with Crippen LogP contribution < -0.4 is 9.64 Å². The van der Waals surface area contributed by atoms with Crippen molar-refractivity contribution in [1.82, 2.24) is 9.97 Å². The van der Waals surface area contributed by atoms with Crippen LogP contribution in [0.4, 0.5) is 5.69 Å². The van der Waals surface area contributed by atoms with E-state index in [0.717, 1.165) is 12.1 Å². The fraction of sp³-hybridized carbons (Fsp3) is 0.267. The molecule has 0 unspecified atom stereocenters. The Labute approximate surface area is 117 Å². The normalized spacial score (nSPS) is 13.2. The van der Waals surface area contributed by atoms with E-state index in [9.17, 15) is 4.79 Å². The van der Waals surface area contributed by atoms with Gasteiger partial charge in [0.1, 0.15) is 12.0 Å². The quantitative estimate of drug-likeness (QED) is 0.856. The van der Waals surface area contributed by atoms with Crippen LogP contribution in [-0.2, 0) is 6.42 Å². The summed E-state index contributed by atoms with van der Waals surface area (Å²) < 4.78 is 5.31. The molecular formula is C15H15N3O2. The van der Waals surface area contributed by atoms with Crippen molar-refractivity contribution in [2.24, 2.45) is 0 Å². The number of rotatable bonds is 3. The van der Waals surface area contributed by atoms with Crippen LogP contribution in [0.1, 0.15) is 23.0 Å². The SMILES string of the molecule is CCOc1cc(C(=O)N2CCc3ccccc32)ncn1. The Kier molecular flexibility index (Phi) is 3.33. The molecule has 0 N–H and O–H groups in total. The summed E-state index contributed by atoms with van der Waals surface area (Å²) in [7, 11) is 0. The molecule has 2 heterocycles. The highest BCUT2D eigenvalue weighted by Crippen LogP contribution is 2.28. The summed E-state index contributed by atoms with van der Waals surface area (Å²) in [5.74, 6) is 0.316. The maximum atomic E-state index is 12.5. The molecule has 5 heteroatoms. The number of nitrogens with zero attached hydrogens (tertiary/aromatic N) is 3. The maximum absolute atomic E-state index is 12.5. The zero-order chi connectivity index (χ0) is 13.9. The molecule has 0 saturated heterocycles. The van der Waals surface area contributed by atoms with Crippen LogP contribution >= 0.6 is 0 Å². The van der Waals surface area contributed by atoms with Gasteiger partial charge in [-0.1, -0.05) is 18.2 Å². The number of ether oxygens (including phenoxy) is 1. The van der Waals surface area contributed by atoms with Gasteiger partial charge < -0.3 is 9.64 Å². The maximum Gasteiger partial charge on any atom is 0.277 e. The first-order valence-electron chi connectivity index (χ1n) is 6.64. The van der Waals surface area contributed by atoms with Gasteiger partial charge in [0.15, 0.2) is 0 Å². The lowest BCUT2D eigenvalue weighted by Crippen LogP contribution is -2.29. The summed E-state index contributed by atoms with van der Waals surface area (Å²) in [6, 6.07) is 9.53. The van der Waals surface area contributed by atoms with Gasteiger partial charge in [0, 0.05) is 18.3 Å². The number of benzene rings is 1. The van der Waals surface area contributed by atoms with Gasteiger partial charge >= 0.3 is 0 Å². The van der Waals surface area contributed by atoms with Crippen LogP contribution in [0.5, 0.6) is 5.88 Å². The highest BCUT2D eigenvalue weighted by atomic mass is 16.5. The molecule has 0 fully saturated rings. The van der Waals surface area contributed by atoms with Crippen LogP contribution in [0.2, 0.25) is 0 Å². The van der Waals surface area contributed by atoms with Gasteiger partial charge in [0.05, 0.1) is 6.61 Å². The first kappa shape index (κ1) is 12.6. The largest absolute Gasteiger partial charge is 0.478 e. The zero-order valence-corrected chi connectivity index (χ0v) is 11.2. The monoisotopic (exact) mass is 269 g/mol. The first-order valence-corrected chi connectivity index (χ1v) is 6.64. The summed E-state index contributed by atoms with van der Waals surface area (Å²) in [6.07, 6.45) is 2.24. The Hall–Kier alpha value is -2.43. The molecule has 1 aliphatic heterocycles. The Morgan fingerprint density at radius 2 is 2.20 bits per heavy atom. The van der Waals surface area contributed by atoms with E-state index in [-0.39, 0.29) is 5.91 Å². The second-order valence-corrected chi connectivity index (χ2v) is 4.51. The van der Waals surface area contributed by atoms with Crippen molar-refractivity contribution in [1.29, 1.82) is 0 Å². The molecule has 0 atom stereocenters. The number of aromatic nitrogens is 2. The van der Waals surface area contributed by atoms with Gasteiger partial charge in [-0.15, -0.1) is 0 Å². The Morgan fingerprint density at radius 1 is 1.35 bits per heavy atom. The van der Waals surface area contributed by atoms with Crippen molar-refractivity contribution in [2.45, 2.75) is 13.3 Å². The number of fused-ring (bicyclic) bond motifs is 1. The lowest BCUT2D eigenvalue weighted by Gasteiger charge is -2.16. The zero-order valence-electron chi connectivity index (χ0n) is 11.2. The topological polar surface area (TPSA) is 55.3 Å². The standard InChI is InChI=1S/C15H15N3O2/c1-2-20-14-9-12(16-10-17-14)15(19)18-8-7-11-5-3-4-6-13(11)18/h3-6,9-10H,2,7-8H2,1H3. The third kappa shape index (κ3) is 2.22. The number of para-hydroxylation sites is 1. The highest BCUT2D eigenvalue weighted by Gasteiger charge is 2.26. The predicted molar refractivity (Wildman–Crippen MR) is 75.0 cm³/mol. The van der Waals surface area contributed by atoms with Crippen LogP contribution in [0.15, 0.2) is 36.7 Å². The first-order chi connectivity index (χ1) is 9.79. The van der Waals surface area contributed by atoms with Crippen molar-refractivity contribution in [2.75, 3.05) is 18.1 Å². The average molecular weight is 269 g/mol. The second kappa shape index (κ2) is 5.28. The minimum Gasteiger partial charge on any atom is -0.478 e. The van der Waals surface area contributed by atoms with Gasteiger partial charge in [0.2, 0.25) is 5.88 Å². The molecule has 5 nitrogen and oxygen atoms in total. The smallest absolute Gasteiger partial charge is 0.277 e. The van der Waals surface area contributed by atoms with Crippen LogP contribution in [0.3, 0.4) is 0 Å². The molecular weight excluding hydrogens is 254 g/mol. The second-order valence-electron chi connectivity index (χ2n) is 4.51. The highest BCUT2D eigenvalue weighted by molar-refractivity contribution is 6.06. The van der Waals surface area contributed by atoms with Gasteiger partial charge in [-0.25, -0.2) is 9.97 Å². The molecule has 0 saturated carbocycles. The molecule has 102 valence electrons. The number of carbonyl (C=O) groups excluding carboxylic acids is 1. The lowest BCUT2D eigenvalue weighted by atomic mass is 10.2. The molecule has 0 aliphatic carbocycles. The predicted octanol–water partition coefficient (Wildman–Crippen LogP) is 2.08. The van der Waals surface area contributed by atoms with Crippen molar-refractivity contribution in [3.63, 3.8) is 0 Å². The van der Waals surface area contributed by atoms with Crippen molar-refractivity contribution in [3.05, 3.63) is 47.9 Å². The van der Waals surface area contributed by atoms with Crippen LogP contribution in [0, 0.1) is 0 Å². The molecule has 0 radical (unpaired) electrons. The van der Waals surface area contributed by atoms with Crippen molar-refractivity contribution in [3.8, 4) is 5.88 Å². The summed E-state index contributed by atoms with van der Waals surface area (Å²) in [6.45, 7) is 3.07. The van der Waals surface area contributed by atoms with E-state index in [1.165, 1.54) is 11.9 Å². The van der Waals surface area contributed by atoms with Gasteiger partial charge in [0.25, 0.3) is 5.91 Å². The molecule has 0 bridgehead atoms. The van der Waals surface area contributed by atoms with Crippen molar-refractivity contribution < 1.29 is 9.53 Å². The molecule has 1 aromatic heterocycles. The number of hydrogen-bond donors (Lipinski definition) is 0. The van der Waals surface area contributed by atoms with Crippen molar-refractivity contribution >= 4 is 11.6 Å². The van der Waals surface area contributed by atoms with E-state index in [0.29, 0.717) is 24.7 Å². The van der Waals surface area contributed by atoms with Gasteiger partial charge in [-0.2, -0.15) is 0 Å². The molecule has 1 amide bonds. The van der Waals surface area contributed by atoms with E-state index < -0.39 is 0 Å². The molecule has 20 heavy (non-hydrogen) atoms. The Bertz CT molecular complexity index is 643. The average Bonchev–Trinajstić information content (AvgIpc) is 2.91. The lowest BCUT2D eigenvalue weighted by molar-refractivity contribution is 0.0984. The summed E-state index contributed by atoms with van der Waals surface area (Å²) >= 11 is 0. The molecule has 0 spiro atoms. The third-order valence-electron chi connectivity index (χ3n) is 3.29. The summed E-state index contributed by atoms with van der Waals surface area (Å²) in [4.78, 5) is 22.3. The van der Waals surface area contributed by atoms with Gasteiger partial charge in [-0.3, -0.25) is 4.79 Å². The van der Waals surface area contributed by atoms with E-state index in [2.05, 4.69) is 9.97 Å². The minimum absolute atomic E-state index is 0.113. The fourth-order valence-corrected chi connectivity index (χ4v) is 2.37. The number of anilines is 1. The number of hydrogen-bond acceptors (Lipinski definition) is 4. The third-order valence-corrected chi connectivity index (χ3v) is 3.29. The van der Waals surface area contributed by atoms with E-state index in [1.54, 1.807) is 11.0 Å². The number of carbonyl (C=O) groups is 1. The Balaban J connectivity index is 1.89. The summed E-state index contributed by atoms with van der Waals surface area (Å²) in [5, 5.41) is 0. The molecule has 1 aliphatic rings. The minimum atomic E-state index is -0.113. The fourth-order valence-electron chi connectivity index (χ4n) is 2.37. The number of amides is 1. The van der Waals surface area contributed by atoms with E-state index in [4.69, 9.17) is 4.74 Å².